The average molecular weight is 339 g/mol. The van der Waals surface area contributed by atoms with Crippen molar-refractivity contribution in [2.24, 2.45) is 0 Å². The second-order valence-electron chi connectivity index (χ2n) is 5.07. The van der Waals surface area contributed by atoms with E-state index in [4.69, 9.17) is 11.6 Å². The number of halogens is 1. The van der Waals surface area contributed by atoms with E-state index in [-0.39, 0.29) is 5.91 Å². The van der Waals surface area contributed by atoms with E-state index < -0.39 is 0 Å². The van der Waals surface area contributed by atoms with E-state index in [0.29, 0.717) is 17.3 Å². The molecule has 2 heterocycles. The van der Waals surface area contributed by atoms with Crippen LogP contribution in [0.4, 0.5) is 11.4 Å². The topological polar surface area (TPSA) is 66.9 Å². The second kappa shape index (κ2) is 7.57. The minimum Gasteiger partial charge on any atom is -0.354 e. The van der Waals surface area contributed by atoms with Crippen molar-refractivity contribution >= 4 is 28.9 Å². The van der Waals surface area contributed by atoms with E-state index in [2.05, 4.69) is 20.6 Å². The second-order valence-corrected chi connectivity index (χ2v) is 5.50. The van der Waals surface area contributed by atoms with E-state index >= 15 is 0 Å². The standard InChI is InChI=1S/C18H15ClN4O/c19-13-4-6-14(7-5-13)23-16-8-9-17(21-12-16)18(24)22-11-15-3-1-2-10-20-15/h1-10,12,23H,11H2,(H,22,24). The van der Waals surface area contributed by atoms with Crippen molar-refractivity contribution in [1.29, 1.82) is 0 Å². The SMILES string of the molecule is O=C(NCc1ccccn1)c1ccc(Nc2ccc(Cl)cc2)cn1. The Morgan fingerprint density at radius 2 is 1.75 bits per heavy atom. The molecule has 0 bridgehead atoms. The Morgan fingerprint density at radius 1 is 0.958 bits per heavy atom. The van der Waals surface area contributed by atoms with Crippen LogP contribution >= 0.6 is 11.6 Å². The van der Waals surface area contributed by atoms with Crippen molar-refractivity contribution in [1.82, 2.24) is 15.3 Å². The van der Waals surface area contributed by atoms with Crippen LogP contribution in [-0.2, 0) is 6.54 Å². The lowest BCUT2D eigenvalue weighted by Crippen LogP contribution is -2.24. The predicted molar refractivity (Wildman–Crippen MR) is 94.4 cm³/mol. The number of carbonyl (C=O) groups excluding carboxylic acids is 1. The molecular formula is C18H15ClN4O. The van der Waals surface area contributed by atoms with Crippen molar-refractivity contribution in [3.8, 4) is 0 Å². The van der Waals surface area contributed by atoms with Gasteiger partial charge in [-0.25, -0.2) is 4.98 Å². The number of pyridine rings is 2. The largest absolute Gasteiger partial charge is 0.354 e. The molecule has 3 rings (SSSR count). The van der Waals surface area contributed by atoms with E-state index in [1.54, 1.807) is 36.7 Å². The summed E-state index contributed by atoms with van der Waals surface area (Å²) < 4.78 is 0. The Kier molecular flexibility index (Phi) is 5.03. The van der Waals surface area contributed by atoms with Crippen LogP contribution in [0.5, 0.6) is 0 Å². The summed E-state index contributed by atoms with van der Waals surface area (Å²) in [5.41, 5.74) is 2.84. The Bertz CT molecular complexity index is 805. The van der Waals surface area contributed by atoms with Crippen molar-refractivity contribution in [3.63, 3.8) is 0 Å². The van der Waals surface area contributed by atoms with Crippen LogP contribution in [-0.4, -0.2) is 15.9 Å². The maximum atomic E-state index is 12.1. The highest BCUT2D eigenvalue weighted by molar-refractivity contribution is 6.30. The Hall–Kier alpha value is -2.92. The number of rotatable bonds is 5. The number of anilines is 2. The summed E-state index contributed by atoms with van der Waals surface area (Å²) in [6.45, 7) is 0.367. The van der Waals surface area contributed by atoms with Gasteiger partial charge in [-0.2, -0.15) is 0 Å². The van der Waals surface area contributed by atoms with Gasteiger partial charge >= 0.3 is 0 Å². The third-order valence-corrected chi connectivity index (χ3v) is 3.54. The number of benzene rings is 1. The Morgan fingerprint density at radius 3 is 2.42 bits per heavy atom. The van der Waals surface area contributed by atoms with E-state index in [9.17, 15) is 4.79 Å². The third-order valence-electron chi connectivity index (χ3n) is 3.29. The summed E-state index contributed by atoms with van der Waals surface area (Å²) in [7, 11) is 0. The van der Waals surface area contributed by atoms with Gasteiger partial charge in [-0.15, -0.1) is 0 Å². The van der Waals surface area contributed by atoms with Gasteiger partial charge < -0.3 is 10.6 Å². The maximum absolute atomic E-state index is 12.1. The molecule has 1 aromatic carbocycles. The van der Waals surface area contributed by atoms with Crippen LogP contribution < -0.4 is 10.6 Å². The zero-order chi connectivity index (χ0) is 16.8. The fourth-order valence-corrected chi connectivity index (χ4v) is 2.19. The van der Waals surface area contributed by atoms with Crippen LogP contribution in [0.3, 0.4) is 0 Å². The van der Waals surface area contributed by atoms with Gasteiger partial charge in [0.2, 0.25) is 0 Å². The van der Waals surface area contributed by atoms with Gasteiger partial charge in [-0.1, -0.05) is 17.7 Å². The molecule has 0 saturated heterocycles. The molecule has 0 radical (unpaired) electrons. The highest BCUT2D eigenvalue weighted by atomic mass is 35.5. The van der Waals surface area contributed by atoms with Gasteiger partial charge in [-0.3, -0.25) is 9.78 Å². The number of hydrogen-bond donors (Lipinski definition) is 2. The number of nitrogens with zero attached hydrogens (tertiary/aromatic N) is 2. The lowest BCUT2D eigenvalue weighted by Gasteiger charge is -2.07. The number of aromatic nitrogens is 2. The molecule has 0 fully saturated rings. The van der Waals surface area contributed by atoms with Crippen molar-refractivity contribution in [2.75, 3.05) is 5.32 Å². The van der Waals surface area contributed by atoms with Crippen molar-refractivity contribution in [2.45, 2.75) is 6.54 Å². The molecule has 6 heteroatoms. The Balaban J connectivity index is 1.59. The van der Waals surface area contributed by atoms with Gasteiger partial charge in [0.05, 0.1) is 24.1 Å². The summed E-state index contributed by atoms with van der Waals surface area (Å²) >= 11 is 5.86. The van der Waals surface area contributed by atoms with Crippen LogP contribution in [0.25, 0.3) is 0 Å². The molecule has 3 aromatic rings. The first kappa shape index (κ1) is 16.0. The quantitative estimate of drug-likeness (QED) is 0.742. The first-order valence-electron chi connectivity index (χ1n) is 7.37. The summed E-state index contributed by atoms with van der Waals surface area (Å²) in [6, 6.07) is 16.4. The summed E-state index contributed by atoms with van der Waals surface area (Å²) in [6.07, 6.45) is 3.31. The highest BCUT2D eigenvalue weighted by Crippen LogP contribution is 2.18. The molecule has 1 amide bonds. The van der Waals surface area contributed by atoms with Gasteiger partial charge in [-0.05, 0) is 48.5 Å². The fourth-order valence-electron chi connectivity index (χ4n) is 2.07. The molecule has 0 atom stereocenters. The van der Waals surface area contributed by atoms with E-state index in [1.807, 2.05) is 30.3 Å². The van der Waals surface area contributed by atoms with E-state index in [0.717, 1.165) is 17.1 Å². The maximum Gasteiger partial charge on any atom is 0.270 e. The lowest BCUT2D eigenvalue weighted by atomic mass is 10.2. The lowest BCUT2D eigenvalue weighted by molar-refractivity contribution is 0.0945. The molecule has 2 aromatic heterocycles. The van der Waals surface area contributed by atoms with Gasteiger partial charge in [0, 0.05) is 16.9 Å². The molecule has 24 heavy (non-hydrogen) atoms. The van der Waals surface area contributed by atoms with Crippen molar-refractivity contribution < 1.29 is 4.79 Å². The minimum atomic E-state index is -0.237. The number of carbonyl (C=O) groups is 1. The third kappa shape index (κ3) is 4.30. The number of nitrogens with one attached hydrogen (secondary N) is 2. The zero-order valence-electron chi connectivity index (χ0n) is 12.7. The molecule has 2 N–H and O–H groups in total. The van der Waals surface area contributed by atoms with Gasteiger partial charge in [0.25, 0.3) is 5.91 Å². The average Bonchev–Trinajstić information content (AvgIpc) is 2.63. The van der Waals surface area contributed by atoms with Crippen LogP contribution in [0.2, 0.25) is 5.02 Å². The smallest absolute Gasteiger partial charge is 0.270 e. The van der Waals surface area contributed by atoms with E-state index in [1.165, 1.54) is 0 Å². The molecule has 0 spiro atoms. The van der Waals surface area contributed by atoms with Gasteiger partial charge in [0.1, 0.15) is 5.69 Å². The van der Waals surface area contributed by atoms with Crippen molar-refractivity contribution in [3.05, 3.63) is 83.4 Å². The summed E-state index contributed by atoms with van der Waals surface area (Å²) in [5, 5.41) is 6.66. The first-order chi connectivity index (χ1) is 11.7. The monoisotopic (exact) mass is 338 g/mol. The fraction of sp³-hybridized carbons (Fsp3) is 0.0556. The molecule has 0 aliphatic rings. The molecule has 120 valence electrons. The molecule has 0 unspecified atom stereocenters. The Labute approximate surface area is 144 Å². The molecule has 0 saturated carbocycles. The number of amides is 1. The summed E-state index contributed by atoms with van der Waals surface area (Å²) in [5.74, 6) is -0.237. The summed E-state index contributed by atoms with van der Waals surface area (Å²) in [4.78, 5) is 20.4. The minimum absolute atomic E-state index is 0.237. The van der Waals surface area contributed by atoms with Gasteiger partial charge in [0.15, 0.2) is 0 Å². The number of hydrogen-bond acceptors (Lipinski definition) is 4. The first-order valence-corrected chi connectivity index (χ1v) is 7.75. The van der Waals surface area contributed by atoms with Crippen LogP contribution in [0.1, 0.15) is 16.2 Å². The molecule has 5 nitrogen and oxygen atoms in total. The van der Waals surface area contributed by atoms with Crippen LogP contribution in [0, 0.1) is 0 Å². The van der Waals surface area contributed by atoms with Crippen LogP contribution in [0.15, 0.2) is 67.0 Å². The highest BCUT2D eigenvalue weighted by Gasteiger charge is 2.07. The molecule has 0 aliphatic carbocycles. The predicted octanol–water partition coefficient (Wildman–Crippen LogP) is 3.80. The molecule has 0 aliphatic heterocycles. The zero-order valence-corrected chi connectivity index (χ0v) is 13.5. The normalized spacial score (nSPS) is 10.2. The molecular weight excluding hydrogens is 324 g/mol.